The number of aliphatic carboxylic acids is 1. The summed E-state index contributed by atoms with van der Waals surface area (Å²) >= 11 is 0. The summed E-state index contributed by atoms with van der Waals surface area (Å²) in [6.45, 7) is 7.31. The molecule has 6 nitrogen and oxygen atoms in total. The number of carbonyl (C=O) groups is 2. The number of carboxylic acid groups (broad SMARTS) is 1. The number of likely N-dealkylation sites (tertiary alicyclic amines) is 1. The number of carboxylic acids is 1. The van der Waals surface area contributed by atoms with E-state index in [9.17, 15) is 9.59 Å². The van der Waals surface area contributed by atoms with Gasteiger partial charge >= 0.3 is 5.97 Å². The van der Waals surface area contributed by atoms with Crippen molar-refractivity contribution < 1.29 is 24.2 Å². The van der Waals surface area contributed by atoms with Crippen LogP contribution < -0.4 is 9.47 Å². The molecule has 1 unspecified atom stereocenters. The maximum absolute atomic E-state index is 12.9. The Bertz CT molecular complexity index is 1030. The van der Waals surface area contributed by atoms with Gasteiger partial charge in [0, 0.05) is 18.0 Å². The van der Waals surface area contributed by atoms with Crippen LogP contribution in [0.25, 0.3) is 0 Å². The maximum atomic E-state index is 12.9. The van der Waals surface area contributed by atoms with E-state index in [1.807, 2.05) is 26.0 Å². The molecule has 0 amide bonds. The molecule has 0 aromatic heterocycles. The topological polar surface area (TPSA) is 76.1 Å². The van der Waals surface area contributed by atoms with Gasteiger partial charge in [-0.25, -0.2) is 0 Å². The molecule has 7 heteroatoms. The molecule has 0 radical (unpaired) electrons. The van der Waals surface area contributed by atoms with Crippen LogP contribution in [-0.4, -0.2) is 49.1 Å². The van der Waals surface area contributed by atoms with Crippen molar-refractivity contribution in [1.82, 2.24) is 4.90 Å². The number of Topliss-reactive ketones (excluding diaryl/α,β-unsaturated/α-hetero) is 1. The molecule has 2 aliphatic rings. The van der Waals surface area contributed by atoms with Crippen LogP contribution in [0.1, 0.15) is 80.3 Å². The number of piperidine rings is 1. The van der Waals surface area contributed by atoms with Gasteiger partial charge in [0.2, 0.25) is 0 Å². The largest absolute Gasteiger partial charge is 0.493 e. The number of benzene rings is 2. The van der Waals surface area contributed by atoms with Gasteiger partial charge in [0.15, 0.2) is 17.3 Å². The molecule has 39 heavy (non-hydrogen) atoms. The maximum Gasteiger partial charge on any atom is 0.306 e. The average molecular weight is 560 g/mol. The number of fused-ring (bicyclic) bond motifs is 1. The zero-order valence-corrected chi connectivity index (χ0v) is 24.8. The smallest absolute Gasteiger partial charge is 0.306 e. The zero-order valence-electron chi connectivity index (χ0n) is 24.0. The van der Waals surface area contributed by atoms with Gasteiger partial charge in [0.05, 0.1) is 20.1 Å². The van der Waals surface area contributed by atoms with Crippen molar-refractivity contribution >= 4 is 24.2 Å². The molecule has 0 spiro atoms. The minimum Gasteiger partial charge on any atom is -0.493 e. The number of halogens is 1. The number of ketones is 1. The van der Waals surface area contributed by atoms with E-state index >= 15 is 0 Å². The van der Waals surface area contributed by atoms with Crippen LogP contribution >= 0.6 is 12.4 Å². The van der Waals surface area contributed by atoms with E-state index in [4.69, 9.17) is 14.6 Å². The first-order valence-corrected chi connectivity index (χ1v) is 14.2. The number of hydrogen-bond donors (Lipinski definition) is 1. The molecule has 1 atom stereocenters. The van der Waals surface area contributed by atoms with Gasteiger partial charge in [0.1, 0.15) is 0 Å². The van der Waals surface area contributed by atoms with Crippen molar-refractivity contribution in [2.24, 2.45) is 17.8 Å². The third kappa shape index (κ3) is 9.25. The lowest BCUT2D eigenvalue weighted by Gasteiger charge is -2.32. The number of methoxy groups -OCH3 is 2. The molecule has 0 bridgehead atoms. The zero-order chi connectivity index (χ0) is 27.5. The lowest BCUT2D eigenvalue weighted by atomic mass is 9.85. The van der Waals surface area contributed by atoms with E-state index in [0.717, 1.165) is 69.3 Å². The average Bonchev–Trinajstić information content (AvgIpc) is 3.23. The highest BCUT2D eigenvalue weighted by molar-refractivity contribution is 6.02. The molecule has 4 rings (SSSR count). The van der Waals surface area contributed by atoms with Gasteiger partial charge < -0.3 is 14.6 Å². The number of ether oxygens (including phenoxy) is 2. The molecule has 216 valence electrons. The fourth-order valence-corrected chi connectivity index (χ4v) is 5.80. The SMILES string of the molecule is CCCC(CCC)C(=O)O.COc1cc2c(cc1OC)C(=O)C(CC1CCN(Cc3ccccc3)CC1)C2.Cl. The highest BCUT2D eigenvalue weighted by atomic mass is 35.5. The van der Waals surface area contributed by atoms with Crippen LogP contribution in [0.4, 0.5) is 0 Å². The van der Waals surface area contributed by atoms with Gasteiger partial charge in [-0.1, -0.05) is 57.0 Å². The molecular weight excluding hydrogens is 514 g/mol. The Labute approximate surface area is 240 Å². The molecule has 1 N–H and O–H groups in total. The monoisotopic (exact) mass is 559 g/mol. The second-order valence-corrected chi connectivity index (χ2v) is 10.7. The fraction of sp³-hybridized carbons (Fsp3) is 0.562. The molecule has 1 saturated heterocycles. The molecule has 1 fully saturated rings. The number of nitrogens with zero attached hydrogens (tertiary/aromatic N) is 1. The molecule has 0 saturated carbocycles. The standard InChI is InChI=1S/C24H29NO3.C8H16O2.ClH/c1-27-22-14-19-13-20(24(26)21(19)15-23(22)28-2)12-17-8-10-25(11-9-17)16-18-6-4-3-5-7-18;1-3-5-7(6-4-2)8(9)10;/h3-7,14-15,17,20H,8-13,16H2,1-2H3;7H,3-6H2,1-2H3,(H,9,10);1H. The fourth-order valence-electron chi connectivity index (χ4n) is 5.80. The van der Waals surface area contributed by atoms with Crippen LogP contribution in [-0.2, 0) is 17.8 Å². The van der Waals surface area contributed by atoms with Crippen LogP contribution in [0, 0.1) is 17.8 Å². The summed E-state index contributed by atoms with van der Waals surface area (Å²) < 4.78 is 10.8. The Morgan fingerprint density at radius 2 is 1.59 bits per heavy atom. The number of hydrogen-bond acceptors (Lipinski definition) is 5. The Balaban J connectivity index is 0.000000417. The Morgan fingerprint density at radius 1 is 1.00 bits per heavy atom. The minimum absolute atomic E-state index is 0. The first-order valence-electron chi connectivity index (χ1n) is 14.2. The van der Waals surface area contributed by atoms with Crippen LogP contribution in [0.15, 0.2) is 42.5 Å². The Morgan fingerprint density at radius 3 is 2.13 bits per heavy atom. The summed E-state index contributed by atoms with van der Waals surface area (Å²) in [6.07, 6.45) is 7.77. The van der Waals surface area contributed by atoms with E-state index in [1.165, 1.54) is 18.4 Å². The second kappa shape index (κ2) is 16.5. The first kappa shape index (κ1) is 32.6. The Hall–Kier alpha value is -2.57. The number of rotatable bonds is 11. The Kier molecular flexibility index (Phi) is 13.8. The van der Waals surface area contributed by atoms with Gasteiger partial charge in [0.25, 0.3) is 0 Å². The summed E-state index contributed by atoms with van der Waals surface area (Å²) in [5.74, 6) is 1.64. The lowest BCUT2D eigenvalue weighted by Crippen LogP contribution is -2.34. The van der Waals surface area contributed by atoms with Crippen molar-refractivity contribution in [2.75, 3.05) is 27.3 Å². The number of carbonyl (C=O) groups excluding carboxylic acids is 1. The van der Waals surface area contributed by atoms with Crippen molar-refractivity contribution in [3.8, 4) is 11.5 Å². The first-order chi connectivity index (χ1) is 18.4. The van der Waals surface area contributed by atoms with Crippen molar-refractivity contribution in [3.63, 3.8) is 0 Å². The molecule has 2 aromatic rings. The lowest BCUT2D eigenvalue weighted by molar-refractivity contribution is -0.142. The second-order valence-electron chi connectivity index (χ2n) is 10.7. The van der Waals surface area contributed by atoms with E-state index < -0.39 is 5.97 Å². The van der Waals surface area contributed by atoms with Gasteiger partial charge in [-0.2, -0.15) is 0 Å². The summed E-state index contributed by atoms with van der Waals surface area (Å²) in [4.78, 5) is 26.0. The van der Waals surface area contributed by atoms with E-state index in [1.54, 1.807) is 14.2 Å². The highest BCUT2D eigenvalue weighted by Gasteiger charge is 2.34. The van der Waals surface area contributed by atoms with E-state index in [0.29, 0.717) is 17.4 Å². The third-order valence-corrected chi connectivity index (χ3v) is 7.91. The van der Waals surface area contributed by atoms with Crippen LogP contribution in [0.5, 0.6) is 11.5 Å². The molecule has 1 aliphatic carbocycles. The van der Waals surface area contributed by atoms with Crippen molar-refractivity contribution in [2.45, 2.75) is 71.8 Å². The van der Waals surface area contributed by atoms with Crippen LogP contribution in [0.3, 0.4) is 0 Å². The summed E-state index contributed by atoms with van der Waals surface area (Å²) in [6, 6.07) is 14.5. The third-order valence-electron chi connectivity index (χ3n) is 7.91. The molecule has 1 aliphatic heterocycles. The minimum atomic E-state index is -0.635. The quantitative estimate of drug-likeness (QED) is 0.317. The summed E-state index contributed by atoms with van der Waals surface area (Å²) in [7, 11) is 3.26. The van der Waals surface area contributed by atoms with Gasteiger partial charge in [-0.15, -0.1) is 12.4 Å². The highest BCUT2D eigenvalue weighted by Crippen LogP contribution is 2.39. The van der Waals surface area contributed by atoms with Gasteiger partial charge in [-0.05, 0) is 80.8 Å². The summed E-state index contributed by atoms with van der Waals surface area (Å²) in [5, 5.41) is 8.64. The van der Waals surface area contributed by atoms with E-state index in [2.05, 4.69) is 35.2 Å². The predicted molar refractivity (Wildman–Crippen MR) is 158 cm³/mol. The predicted octanol–water partition coefficient (Wildman–Crippen LogP) is 7.07. The van der Waals surface area contributed by atoms with Gasteiger partial charge in [-0.3, -0.25) is 14.5 Å². The van der Waals surface area contributed by atoms with Crippen LogP contribution in [0.2, 0.25) is 0 Å². The normalized spacial score (nSPS) is 17.2. The molecular formula is C32H46ClNO5. The molecule has 1 heterocycles. The van der Waals surface area contributed by atoms with Crippen molar-refractivity contribution in [3.05, 3.63) is 59.2 Å². The van der Waals surface area contributed by atoms with Crippen molar-refractivity contribution in [1.29, 1.82) is 0 Å². The van der Waals surface area contributed by atoms with E-state index in [-0.39, 0.29) is 30.0 Å². The molecule has 2 aromatic carbocycles. The summed E-state index contributed by atoms with van der Waals surface area (Å²) in [5.41, 5.74) is 3.31.